The summed E-state index contributed by atoms with van der Waals surface area (Å²) in [5.41, 5.74) is 0.398. The first-order chi connectivity index (χ1) is 7.43. The van der Waals surface area contributed by atoms with Gasteiger partial charge in [0.15, 0.2) is 0 Å². The Labute approximate surface area is 102 Å². The maximum atomic E-state index is 3.49. The van der Waals surface area contributed by atoms with E-state index in [-0.39, 0.29) is 0 Å². The zero-order valence-electron chi connectivity index (χ0n) is 12.0. The summed E-state index contributed by atoms with van der Waals surface area (Å²) in [6, 6.07) is 0.671. The van der Waals surface area contributed by atoms with Crippen molar-refractivity contribution in [1.29, 1.82) is 0 Å². The van der Waals surface area contributed by atoms with Crippen molar-refractivity contribution in [3.8, 4) is 0 Å². The Hall–Kier alpha value is -0.0400. The average Bonchev–Trinajstić information content (AvgIpc) is 2.16. The van der Waals surface area contributed by atoms with E-state index in [1.54, 1.807) is 0 Å². The van der Waals surface area contributed by atoms with Crippen LogP contribution < -0.4 is 5.32 Å². The van der Waals surface area contributed by atoms with Crippen molar-refractivity contribution in [3.05, 3.63) is 0 Å². The number of hydrogen-bond donors (Lipinski definition) is 1. The molecule has 0 aromatic heterocycles. The van der Waals surface area contributed by atoms with Crippen LogP contribution in [-0.4, -0.2) is 13.1 Å². The summed E-state index contributed by atoms with van der Waals surface area (Å²) in [5.74, 6) is 1.98. The molecule has 0 heterocycles. The molecule has 1 N–H and O–H groups in total. The summed E-state index contributed by atoms with van der Waals surface area (Å²) in [7, 11) is 2.11. The third-order valence-corrected chi connectivity index (χ3v) is 4.30. The molecule has 1 heteroatoms. The van der Waals surface area contributed by atoms with Crippen LogP contribution in [0.15, 0.2) is 0 Å². The van der Waals surface area contributed by atoms with Crippen molar-refractivity contribution in [2.45, 2.75) is 72.3 Å². The second-order valence-electron chi connectivity index (χ2n) is 6.92. The first kappa shape index (κ1) is 14.0. The van der Waals surface area contributed by atoms with Gasteiger partial charge in [-0.25, -0.2) is 0 Å². The highest BCUT2D eigenvalue weighted by molar-refractivity contribution is 4.81. The van der Waals surface area contributed by atoms with Gasteiger partial charge >= 0.3 is 0 Å². The lowest BCUT2D eigenvalue weighted by molar-refractivity contribution is 0.217. The smallest absolute Gasteiger partial charge is 0.0113 e. The summed E-state index contributed by atoms with van der Waals surface area (Å²) in [5, 5.41) is 3.49. The molecule has 0 aromatic rings. The Bertz CT molecular complexity index is 192. The van der Waals surface area contributed by atoms with Gasteiger partial charge in [-0.3, -0.25) is 0 Å². The second-order valence-corrected chi connectivity index (χ2v) is 6.92. The lowest BCUT2D eigenvalue weighted by atomic mass is 9.77. The summed E-state index contributed by atoms with van der Waals surface area (Å²) in [4.78, 5) is 0. The minimum Gasteiger partial charge on any atom is -0.316 e. The topological polar surface area (TPSA) is 12.0 Å². The van der Waals surface area contributed by atoms with E-state index in [9.17, 15) is 0 Å². The molecule has 0 aromatic carbocycles. The van der Waals surface area contributed by atoms with Gasteiger partial charge in [0.05, 0.1) is 0 Å². The van der Waals surface area contributed by atoms with Gasteiger partial charge in [-0.2, -0.15) is 0 Å². The quantitative estimate of drug-likeness (QED) is 0.755. The van der Waals surface area contributed by atoms with Crippen LogP contribution in [0.4, 0.5) is 0 Å². The van der Waals surface area contributed by atoms with E-state index in [0.717, 1.165) is 11.8 Å². The van der Waals surface area contributed by atoms with Gasteiger partial charge < -0.3 is 5.32 Å². The minimum absolute atomic E-state index is 0.398. The fraction of sp³-hybridized carbons (Fsp3) is 1.00. The van der Waals surface area contributed by atoms with Gasteiger partial charge in [0.1, 0.15) is 0 Å². The third kappa shape index (κ3) is 4.45. The molecule has 1 saturated carbocycles. The van der Waals surface area contributed by atoms with Crippen LogP contribution in [0, 0.1) is 17.3 Å². The molecule has 1 aliphatic rings. The number of hydrogen-bond acceptors (Lipinski definition) is 1. The maximum absolute atomic E-state index is 3.49. The molecule has 0 radical (unpaired) electrons. The molecular formula is C15H31N. The van der Waals surface area contributed by atoms with E-state index in [1.165, 1.54) is 38.5 Å². The first-order valence-electron chi connectivity index (χ1n) is 7.10. The molecule has 0 spiro atoms. The van der Waals surface area contributed by atoms with Crippen LogP contribution in [0.5, 0.6) is 0 Å². The Balaban J connectivity index is 2.32. The predicted molar refractivity (Wildman–Crippen MR) is 72.7 cm³/mol. The lowest BCUT2D eigenvalue weighted by Gasteiger charge is -2.33. The Kier molecular flexibility index (Phi) is 5.30. The Morgan fingerprint density at radius 1 is 1.25 bits per heavy atom. The summed E-state index contributed by atoms with van der Waals surface area (Å²) < 4.78 is 0. The first-order valence-corrected chi connectivity index (χ1v) is 7.10. The van der Waals surface area contributed by atoms with E-state index in [0.29, 0.717) is 11.5 Å². The van der Waals surface area contributed by atoms with Crippen molar-refractivity contribution in [2.75, 3.05) is 7.05 Å². The van der Waals surface area contributed by atoms with Gasteiger partial charge in [0, 0.05) is 6.04 Å². The molecule has 1 aliphatic carbocycles. The zero-order valence-corrected chi connectivity index (χ0v) is 12.0. The lowest BCUT2D eigenvalue weighted by Crippen LogP contribution is -2.38. The highest BCUT2D eigenvalue weighted by atomic mass is 14.9. The molecule has 3 unspecified atom stereocenters. The van der Waals surface area contributed by atoms with Crippen LogP contribution in [0.1, 0.15) is 66.2 Å². The molecule has 96 valence electrons. The van der Waals surface area contributed by atoms with Crippen molar-refractivity contribution in [1.82, 2.24) is 5.32 Å². The minimum atomic E-state index is 0.398. The molecular weight excluding hydrogens is 194 g/mol. The standard InChI is InChI=1S/C15H31N/c1-12-7-6-8-13(11-12)9-10-14(16-5)15(2,3)4/h12-14,16H,6-11H2,1-5H3. The van der Waals surface area contributed by atoms with Crippen LogP contribution >= 0.6 is 0 Å². The van der Waals surface area contributed by atoms with Crippen LogP contribution in [0.3, 0.4) is 0 Å². The van der Waals surface area contributed by atoms with Gasteiger partial charge in [-0.05, 0) is 43.6 Å². The van der Waals surface area contributed by atoms with E-state index >= 15 is 0 Å². The summed E-state index contributed by atoms with van der Waals surface area (Å²) in [6.45, 7) is 9.46. The SMILES string of the molecule is CNC(CCC1CCCC(C)C1)C(C)(C)C. The molecule has 1 rings (SSSR count). The van der Waals surface area contributed by atoms with Gasteiger partial charge in [0.2, 0.25) is 0 Å². The van der Waals surface area contributed by atoms with Crippen LogP contribution in [0.2, 0.25) is 0 Å². The zero-order chi connectivity index (χ0) is 12.2. The molecule has 0 bridgehead atoms. The average molecular weight is 225 g/mol. The van der Waals surface area contributed by atoms with E-state index < -0.39 is 0 Å². The van der Waals surface area contributed by atoms with Gasteiger partial charge in [-0.15, -0.1) is 0 Å². The normalized spacial score (nSPS) is 29.1. The Morgan fingerprint density at radius 2 is 1.94 bits per heavy atom. The molecule has 0 aliphatic heterocycles. The van der Waals surface area contributed by atoms with Crippen LogP contribution in [0.25, 0.3) is 0 Å². The van der Waals surface area contributed by atoms with Crippen molar-refractivity contribution in [3.63, 3.8) is 0 Å². The van der Waals surface area contributed by atoms with E-state index in [1.807, 2.05) is 0 Å². The Morgan fingerprint density at radius 3 is 2.44 bits per heavy atom. The number of rotatable bonds is 4. The largest absolute Gasteiger partial charge is 0.316 e. The van der Waals surface area contributed by atoms with Crippen molar-refractivity contribution < 1.29 is 0 Å². The predicted octanol–water partition coefficient (Wildman–Crippen LogP) is 4.23. The molecule has 1 nitrogen and oxygen atoms in total. The van der Waals surface area contributed by atoms with Crippen LogP contribution in [-0.2, 0) is 0 Å². The third-order valence-electron chi connectivity index (χ3n) is 4.30. The second kappa shape index (κ2) is 6.05. The van der Waals surface area contributed by atoms with Gasteiger partial charge in [-0.1, -0.05) is 47.0 Å². The monoisotopic (exact) mass is 225 g/mol. The number of nitrogens with one attached hydrogen (secondary N) is 1. The van der Waals surface area contributed by atoms with Gasteiger partial charge in [0.25, 0.3) is 0 Å². The maximum Gasteiger partial charge on any atom is 0.0113 e. The fourth-order valence-electron chi connectivity index (χ4n) is 3.23. The molecule has 3 atom stereocenters. The molecule has 1 fully saturated rings. The highest BCUT2D eigenvalue weighted by Crippen LogP contribution is 2.33. The fourth-order valence-corrected chi connectivity index (χ4v) is 3.23. The van der Waals surface area contributed by atoms with Crippen molar-refractivity contribution in [2.24, 2.45) is 17.3 Å². The summed E-state index contributed by atoms with van der Waals surface area (Å²) >= 11 is 0. The highest BCUT2D eigenvalue weighted by Gasteiger charge is 2.25. The van der Waals surface area contributed by atoms with Crippen molar-refractivity contribution >= 4 is 0 Å². The molecule has 16 heavy (non-hydrogen) atoms. The van der Waals surface area contributed by atoms with E-state index in [4.69, 9.17) is 0 Å². The van der Waals surface area contributed by atoms with E-state index in [2.05, 4.69) is 40.1 Å². The molecule has 0 amide bonds. The summed E-state index contributed by atoms with van der Waals surface area (Å²) in [6.07, 6.45) is 8.65. The molecule has 0 saturated heterocycles.